The van der Waals surface area contributed by atoms with E-state index in [1.165, 1.54) is 0 Å². The van der Waals surface area contributed by atoms with E-state index in [1.807, 2.05) is 6.07 Å². The molecule has 0 aliphatic rings. The van der Waals surface area contributed by atoms with Crippen LogP contribution in [0.5, 0.6) is 0 Å². The van der Waals surface area contributed by atoms with Crippen LogP contribution in [0.2, 0.25) is 0 Å². The van der Waals surface area contributed by atoms with Gasteiger partial charge in [0.25, 0.3) is 0 Å². The van der Waals surface area contributed by atoms with Crippen molar-refractivity contribution in [3.8, 4) is 0 Å². The highest BCUT2D eigenvalue weighted by molar-refractivity contribution is 5.93. The van der Waals surface area contributed by atoms with Gasteiger partial charge in [-0.3, -0.25) is 30.0 Å². The number of anilines is 1. The molecule has 3 amide bonds. The third-order valence-electron chi connectivity index (χ3n) is 2.84. The zero-order valence-electron chi connectivity index (χ0n) is 13.5. The average molecular weight is 335 g/mol. The first-order chi connectivity index (χ1) is 11.5. The summed E-state index contributed by atoms with van der Waals surface area (Å²) in [6, 6.07) is 8.87. The van der Waals surface area contributed by atoms with Crippen molar-refractivity contribution >= 4 is 29.4 Å². The number of hydrogen-bond acceptors (Lipinski definition) is 5. The van der Waals surface area contributed by atoms with Crippen molar-refractivity contribution < 1.29 is 23.9 Å². The minimum Gasteiger partial charge on any atom is -0.466 e. The highest BCUT2D eigenvalue weighted by Gasteiger charge is 2.10. The van der Waals surface area contributed by atoms with Crippen LogP contribution in [-0.2, 0) is 23.9 Å². The molecular weight excluding hydrogens is 314 g/mol. The lowest BCUT2D eigenvalue weighted by atomic mass is 10.2. The number of carbonyl (C=O) groups is 4. The van der Waals surface area contributed by atoms with Crippen LogP contribution in [0.15, 0.2) is 30.3 Å². The molecule has 8 heteroatoms. The Morgan fingerprint density at radius 2 is 1.38 bits per heavy atom. The fraction of sp³-hybridized carbons (Fsp3) is 0.375. The summed E-state index contributed by atoms with van der Waals surface area (Å²) in [6.07, 6.45) is -0.237. The standard InChI is InChI=1S/C16H21N3O5/c1-2-24-16(23)11-10-15(22)19-18-14(21)9-8-13(20)17-12-6-4-3-5-7-12/h3-7H,2,8-11H2,1H3,(H,17,20)(H,18,21)(H,19,22). The number of nitrogens with one attached hydrogen (secondary N) is 3. The van der Waals surface area contributed by atoms with Crippen molar-refractivity contribution in [2.75, 3.05) is 11.9 Å². The third-order valence-corrected chi connectivity index (χ3v) is 2.84. The van der Waals surface area contributed by atoms with E-state index in [2.05, 4.69) is 20.9 Å². The molecule has 0 aliphatic heterocycles. The summed E-state index contributed by atoms with van der Waals surface area (Å²) < 4.78 is 4.68. The smallest absolute Gasteiger partial charge is 0.306 e. The summed E-state index contributed by atoms with van der Waals surface area (Å²) >= 11 is 0. The zero-order valence-corrected chi connectivity index (χ0v) is 13.5. The van der Waals surface area contributed by atoms with Gasteiger partial charge in [0.05, 0.1) is 13.0 Å². The van der Waals surface area contributed by atoms with Gasteiger partial charge in [0.1, 0.15) is 0 Å². The van der Waals surface area contributed by atoms with Gasteiger partial charge in [-0.1, -0.05) is 18.2 Å². The second kappa shape index (κ2) is 10.8. The molecule has 0 radical (unpaired) electrons. The van der Waals surface area contributed by atoms with E-state index < -0.39 is 17.8 Å². The molecule has 0 spiro atoms. The van der Waals surface area contributed by atoms with E-state index in [1.54, 1.807) is 31.2 Å². The first kappa shape index (κ1) is 19.1. The molecule has 0 fully saturated rings. The Kier molecular flexibility index (Phi) is 8.59. The number of para-hydroxylation sites is 1. The number of ether oxygens (including phenoxy) is 1. The van der Waals surface area contributed by atoms with Crippen molar-refractivity contribution in [1.29, 1.82) is 0 Å². The lowest BCUT2D eigenvalue weighted by Crippen LogP contribution is -2.41. The van der Waals surface area contributed by atoms with Crippen molar-refractivity contribution in [3.63, 3.8) is 0 Å². The first-order valence-corrected chi connectivity index (χ1v) is 7.59. The van der Waals surface area contributed by atoms with Crippen molar-refractivity contribution in [1.82, 2.24) is 10.9 Å². The Morgan fingerprint density at radius 1 is 0.833 bits per heavy atom. The van der Waals surface area contributed by atoms with E-state index in [4.69, 9.17) is 0 Å². The van der Waals surface area contributed by atoms with E-state index in [0.29, 0.717) is 5.69 Å². The van der Waals surface area contributed by atoms with E-state index in [0.717, 1.165) is 0 Å². The van der Waals surface area contributed by atoms with E-state index >= 15 is 0 Å². The third kappa shape index (κ3) is 8.52. The molecule has 24 heavy (non-hydrogen) atoms. The number of hydrazine groups is 1. The maximum absolute atomic E-state index is 11.7. The van der Waals surface area contributed by atoms with Crippen molar-refractivity contribution in [3.05, 3.63) is 30.3 Å². The molecule has 0 atom stereocenters. The molecule has 0 aliphatic carbocycles. The molecule has 8 nitrogen and oxygen atoms in total. The molecule has 1 aromatic rings. The maximum atomic E-state index is 11.7. The first-order valence-electron chi connectivity index (χ1n) is 7.59. The van der Waals surface area contributed by atoms with Crippen LogP contribution >= 0.6 is 0 Å². The molecule has 3 N–H and O–H groups in total. The van der Waals surface area contributed by atoms with Crippen LogP contribution in [0.1, 0.15) is 32.6 Å². The summed E-state index contributed by atoms with van der Waals surface area (Å²) in [4.78, 5) is 45.7. The minimum atomic E-state index is -0.509. The maximum Gasteiger partial charge on any atom is 0.306 e. The minimum absolute atomic E-state index is 0.0145. The van der Waals surface area contributed by atoms with Gasteiger partial charge < -0.3 is 10.1 Å². The summed E-state index contributed by atoms with van der Waals surface area (Å²) in [5.74, 6) is -1.78. The topological polar surface area (TPSA) is 114 Å². The Morgan fingerprint density at radius 3 is 1.96 bits per heavy atom. The Labute approximate surface area is 139 Å². The summed E-state index contributed by atoms with van der Waals surface area (Å²) in [5, 5.41) is 2.65. The molecule has 0 saturated heterocycles. The molecule has 0 bridgehead atoms. The second-order valence-corrected chi connectivity index (χ2v) is 4.82. The number of hydrogen-bond donors (Lipinski definition) is 3. The number of carbonyl (C=O) groups excluding carboxylic acids is 4. The number of esters is 1. The number of rotatable bonds is 8. The quantitative estimate of drug-likeness (QED) is 0.482. The monoisotopic (exact) mass is 335 g/mol. The summed E-state index contributed by atoms with van der Waals surface area (Å²) in [7, 11) is 0. The van der Waals surface area contributed by atoms with Gasteiger partial charge in [-0.05, 0) is 19.1 Å². The molecule has 0 saturated carbocycles. The molecule has 1 rings (SSSR count). The second-order valence-electron chi connectivity index (χ2n) is 4.82. The van der Waals surface area contributed by atoms with Crippen molar-refractivity contribution in [2.45, 2.75) is 32.6 Å². The van der Waals surface area contributed by atoms with Gasteiger partial charge in [0.15, 0.2) is 0 Å². The normalized spacial score (nSPS) is 9.71. The van der Waals surface area contributed by atoms with E-state index in [9.17, 15) is 19.2 Å². The highest BCUT2D eigenvalue weighted by Crippen LogP contribution is 2.05. The summed E-state index contributed by atoms with van der Waals surface area (Å²) in [6.45, 7) is 1.92. The van der Waals surface area contributed by atoms with Crippen molar-refractivity contribution in [2.24, 2.45) is 0 Å². The van der Waals surface area contributed by atoms with Crippen LogP contribution in [0.25, 0.3) is 0 Å². The number of amides is 3. The highest BCUT2D eigenvalue weighted by atomic mass is 16.5. The predicted molar refractivity (Wildman–Crippen MR) is 86.5 cm³/mol. The lowest BCUT2D eigenvalue weighted by molar-refractivity contribution is -0.144. The van der Waals surface area contributed by atoms with Crippen LogP contribution in [0.3, 0.4) is 0 Å². The molecular formula is C16H21N3O5. The Bertz CT molecular complexity index is 574. The van der Waals surface area contributed by atoms with Gasteiger partial charge in [0, 0.05) is 24.9 Å². The fourth-order valence-corrected chi connectivity index (χ4v) is 1.69. The SMILES string of the molecule is CCOC(=O)CCC(=O)NNC(=O)CCC(=O)Nc1ccccc1. The van der Waals surface area contributed by atoms with Crippen LogP contribution in [0, 0.1) is 0 Å². The molecule has 0 heterocycles. The van der Waals surface area contributed by atoms with Crippen LogP contribution in [0.4, 0.5) is 5.69 Å². The molecule has 0 aromatic heterocycles. The number of benzene rings is 1. The average Bonchev–Trinajstić information content (AvgIpc) is 2.57. The van der Waals surface area contributed by atoms with Gasteiger partial charge >= 0.3 is 5.97 Å². The molecule has 1 aromatic carbocycles. The van der Waals surface area contributed by atoms with Gasteiger partial charge in [-0.25, -0.2) is 0 Å². The van der Waals surface area contributed by atoms with E-state index in [-0.39, 0.29) is 38.2 Å². The van der Waals surface area contributed by atoms with Crippen LogP contribution < -0.4 is 16.2 Å². The summed E-state index contributed by atoms with van der Waals surface area (Å²) in [5.41, 5.74) is 5.01. The lowest BCUT2D eigenvalue weighted by Gasteiger charge is -2.08. The Hall–Kier alpha value is -2.90. The Balaban J connectivity index is 2.16. The van der Waals surface area contributed by atoms with Gasteiger partial charge in [-0.15, -0.1) is 0 Å². The predicted octanol–water partition coefficient (Wildman–Crippen LogP) is 0.896. The molecule has 0 unspecified atom stereocenters. The zero-order chi connectivity index (χ0) is 17.8. The molecule has 130 valence electrons. The largest absolute Gasteiger partial charge is 0.466 e. The fourth-order valence-electron chi connectivity index (χ4n) is 1.69. The van der Waals surface area contributed by atoms with Gasteiger partial charge in [-0.2, -0.15) is 0 Å². The van der Waals surface area contributed by atoms with Crippen LogP contribution in [-0.4, -0.2) is 30.3 Å². The van der Waals surface area contributed by atoms with Gasteiger partial charge in [0.2, 0.25) is 17.7 Å².